The van der Waals surface area contributed by atoms with Crippen LogP contribution in [0.3, 0.4) is 0 Å². The Balaban J connectivity index is 1.65. The van der Waals surface area contributed by atoms with Crippen molar-refractivity contribution in [3.05, 3.63) is 12.2 Å². The molecule has 0 spiro atoms. The molecule has 0 unspecified atom stereocenters. The molecule has 3 rings (SSSR count). The zero-order valence-corrected chi connectivity index (χ0v) is 10.4. The lowest BCUT2D eigenvalue weighted by molar-refractivity contribution is 0.386. The van der Waals surface area contributed by atoms with Crippen LogP contribution in [-0.2, 0) is 6.54 Å². The monoisotopic (exact) mass is 234 g/mol. The van der Waals surface area contributed by atoms with Gasteiger partial charge in [0.2, 0.25) is 0 Å². The lowest BCUT2D eigenvalue weighted by Crippen LogP contribution is -2.21. The number of hydrogen-bond acceptors (Lipinski definition) is 3. The van der Waals surface area contributed by atoms with Crippen LogP contribution in [0.1, 0.15) is 63.2 Å². The molecule has 17 heavy (non-hydrogen) atoms. The van der Waals surface area contributed by atoms with Crippen molar-refractivity contribution >= 4 is 0 Å². The summed E-state index contributed by atoms with van der Waals surface area (Å²) in [6.07, 6.45) is 12.4. The molecule has 0 atom stereocenters. The Labute approximate surface area is 103 Å². The summed E-state index contributed by atoms with van der Waals surface area (Å²) in [6, 6.07) is 1.34. The highest BCUT2D eigenvalue weighted by atomic mass is 15.4. The van der Waals surface area contributed by atoms with Crippen LogP contribution in [0.4, 0.5) is 0 Å². The summed E-state index contributed by atoms with van der Waals surface area (Å²) >= 11 is 0. The highest BCUT2D eigenvalue weighted by Crippen LogP contribution is 2.27. The summed E-state index contributed by atoms with van der Waals surface area (Å²) < 4.78 is 2.18. The van der Waals surface area contributed by atoms with Gasteiger partial charge in [0.15, 0.2) is 0 Å². The normalized spacial score (nSPS) is 22.6. The Kier molecular flexibility index (Phi) is 3.41. The van der Waals surface area contributed by atoms with Crippen molar-refractivity contribution < 1.29 is 0 Å². The molecule has 1 aromatic rings. The second-order valence-electron chi connectivity index (χ2n) is 5.42. The van der Waals surface area contributed by atoms with Crippen LogP contribution in [0.2, 0.25) is 0 Å². The van der Waals surface area contributed by atoms with E-state index in [1.165, 1.54) is 51.4 Å². The van der Waals surface area contributed by atoms with Crippen LogP contribution in [0.25, 0.3) is 0 Å². The average molecular weight is 234 g/mol. The molecule has 2 aliphatic rings. The van der Waals surface area contributed by atoms with E-state index in [1.807, 2.05) is 0 Å². The first-order chi connectivity index (χ1) is 8.43. The van der Waals surface area contributed by atoms with Gasteiger partial charge in [-0.25, -0.2) is 9.67 Å². The summed E-state index contributed by atoms with van der Waals surface area (Å²) in [4.78, 5) is 4.41. The topological polar surface area (TPSA) is 42.7 Å². The van der Waals surface area contributed by atoms with Crippen molar-refractivity contribution in [3.63, 3.8) is 0 Å². The van der Waals surface area contributed by atoms with E-state index in [1.54, 1.807) is 6.33 Å². The number of rotatable bonds is 4. The quantitative estimate of drug-likeness (QED) is 0.814. The molecule has 2 fully saturated rings. The zero-order valence-electron chi connectivity index (χ0n) is 10.4. The number of hydrogen-bond donors (Lipinski definition) is 1. The molecule has 0 aliphatic heterocycles. The van der Waals surface area contributed by atoms with Crippen LogP contribution < -0.4 is 5.32 Å². The third kappa shape index (κ3) is 2.86. The second-order valence-corrected chi connectivity index (χ2v) is 5.42. The second kappa shape index (κ2) is 5.17. The minimum absolute atomic E-state index is 0.594. The van der Waals surface area contributed by atoms with E-state index in [2.05, 4.69) is 20.1 Å². The van der Waals surface area contributed by atoms with E-state index < -0.39 is 0 Å². The predicted molar refractivity (Wildman–Crippen MR) is 66.6 cm³/mol. The van der Waals surface area contributed by atoms with Crippen molar-refractivity contribution in [3.8, 4) is 0 Å². The molecule has 94 valence electrons. The summed E-state index contributed by atoms with van der Waals surface area (Å²) in [5.74, 6) is 1.13. The third-order valence-corrected chi connectivity index (χ3v) is 3.94. The third-order valence-electron chi connectivity index (χ3n) is 3.94. The van der Waals surface area contributed by atoms with Crippen LogP contribution >= 0.6 is 0 Å². The minimum atomic E-state index is 0.594. The van der Waals surface area contributed by atoms with E-state index in [0.717, 1.165) is 18.4 Å². The van der Waals surface area contributed by atoms with Gasteiger partial charge in [0, 0.05) is 6.04 Å². The molecular weight excluding hydrogens is 212 g/mol. The first kappa shape index (κ1) is 11.2. The largest absolute Gasteiger partial charge is 0.307 e. The molecule has 4 nitrogen and oxygen atoms in total. The van der Waals surface area contributed by atoms with E-state index in [-0.39, 0.29) is 0 Å². The van der Waals surface area contributed by atoms with Crippen LogP contribution in [0.15, 0.2) is 6.33 Å². The van der Waals surface area contributed by atoms with E-state index >= 15 is 0 Å². The van der Waals surface area contributed by atoms with Gasteiger partial charge in [-0.1, -0.05) is 25.7 Å². The molecule has 1 aromatic heterocycles. The van der Waals surface area contributed by atoms with Gasteiger partial charge < -0.3 is 5.32 Å². The Hall–Kier alpha value is -0.900. The molecule has 0 aromatic carbocycles. The SMILES string of the molecule is c1nc(CNC2CC2)n(C2CCCCCC2)n1. The highest BCUT2D eigenvalue weighted by Gasteiger charge is 2.22. The van der Waals surface area contributed by atoms with Crippen molar-refractivity contribution in [1.82, 2.24) is 20.1 Å². The fourth-order valence-electron chi connectivity index (χ4n) is 2.73. The van der Waals surface area contributed by atoms with Gasteiger partial charge in [-0.2, -0.15) is 5.10 Å². The summed E-state index contributed by atoms with van der Waals surface area (Å²) in [6.45, 7) is 0.890. The van der Waals surface area contributed by atoms with Crippen molar-refractivity contribution in [2.45, 2.75) is 70.0 Å². The summed E-state index contributed by atoms with van der Waals surface area (Å²) in [5.41, 5.74) is 0. The van der Waals surface area contributed by atoms with Gasteiger partial charge in [0.05, 0.1) is 12.6 Å². The Morgan fingerprint density at radius 2 is 1.88 bits per heavy atom. The predicted octanol–water partition coefficient (Wildman–Crippen LogP) is 2.43. The van der Waals surface area contributed by atoms with E-state index in [4.69, 9.17) is 0 Å². The fourth-order valence-corrected chi connectivity index (χ4v) is 2.73. The van der Waals surface area contributed by atoms with Gasteiger partial charge in [-0.3, -0.25) is 0 Å². The number of aromatic nitrogens is 3. The minimum Gasteiger partial charge on any atom is -0.307 e. The van der Waals surface area contributed by atoms with Gasteiger partial charge in [0.1, 0.15) is 12.2 Å². The van der Waals surface area contributed by atoms with Crippen molar-refractivity contribution in [2.24, 2.45) is 0 Å². The highest BCUT2D eigenvalue weighted by molar-refractivity contribution is 4.91. The fraction of sp³-hybridized carbons (Fsp3) is 0.846. The summed E-state index contributed by atoms with van der Waals surface area (Å²) in [7, 11) is 0. The maximum atomic E-state index is 4.45. The molecular formula is C13H22N4. The lowest BCUT2D eigenvalue weighted by atomic mass is 10.1. The van der Waals surface area contributed by atoms with Gasteiger partial charge in [0.25, 0.3) is 0 Å². The maximum Gasteiger partial charge on any atom is 0.141 e. The molecule has 2 saturated carbocycles. The van der Waals surface area contributed by atoms with Crippen LogP contribution in [-0.4, -0.2) is 20.8 Å². The Bertz CT molecular complexity index is 348. The molecule has 0 bridgehead atoms. The van der Waals surface area contributed by atoms with Crippen molar-refractivity contribution in [2.75, 3.05) is 0 Å². The molecule has 1 heterocycles. The molecule has 0 amide bonds. The molecule has 1 N–H and O–H groups in total. The van der Waals surface area contributed by atoms with Crippen LogP contribution in [0.5, 0.6) is 0 Å². The number of nitrogens with one attached hydrogen (secondary N) is 1. The average Bonchev–Trinajstić information content (AvgIpc) is 3.11. The summed E-state index contributed by atoms with van der Waals surface area (Å²) in [5, 5.41) is 7.98. The van der Waals surface area contributed by atoms with E-state index in [9.17, 15) is 0 Å². The molecule has 4 heteroatoms. The first-order valence-electron chi connectivity index (χ1n) is 7.05. The Morgan fingerprint density at radius 1 is 1.12 bits per heavy atom. The molecule has 2 aliphatic carbocycles. The maximum absolute atomic E-state index is 4.45. The van der Waals surface area contributed by atoms with Gasteiger partial charge in [-0.05, 0) is 25.7 Å². The lowest BCUT2D eigenvalue weighted by Gasteiger charge is -2.17. The molecule has 0 radical (unpaired) electrons. The smallest absolute Gasteiger partial charge is 0.141 e. The van der Waals surface area contributed by atoms with Crippen molar-refractivity contribution in [1.29, 1.82) is 0 Å². The number of nitrogens with zero attached hydrogens (tertiary/aromatic N) is 3. The first-order valence-corrected chi connectivity index (χ1v) is 7.05. The van der Waals surface area contributed by atoms with E-state index in [0.29, 0.717) is 6.04 Å². The Morgan fingerprint density at radius 3 is 2.59 bits per heavy atom. The van der Waals surface area contributed by atoms with Gasteiger partial charge >= 0.3 is 0 Å². The van der Waals surface area contributed by atoms with Crippen LogP contribution in [0, 0.1) is 0 Å². The molecule has 0 saturated heterocycles. The zero-order chi connectivity index (χ0) is 11.5. The standard InChI is InChI=1S/C13H22N4/c1-2-4-6-12(5-3-1)17-13(15-10-16-17)9-14-11-7-8-11/h10-12,14H,1-9H2. The van der Waals surface area contributed by atoms with Gasteiger partial charge in [-0.15, -0.1) is 0 Å².